The Hall–Kier alpha value is 0.0400. The van der Waals surface area contributed by atoms with Crippen molar-refractivity contribution in [3.05, 3.63) is 10.7 Å². The molecular weight excluding hydrogens is 214 g/mol. The summed E-state index contributed by atoms with van der Waals surface area (Å²) in [5, 5.41) is 0.439. The number of fused-ring (bicyclic) bond motifs is 1. The van der Waals surface area contributed by atoms with Crippen molar-refractivity contribution in [1.82, 2.24) is 4.90 Å². The van der Waals surface area contributed by atoms with E-state index in [9.17, 15) is 4.79 Å². The molecule has 1 fully saturated rings. The van der Waals surface area contributed by atoms with Crippen molar-refractivity contribution in [1.29, 1.82) is 0 Å². The highest BCUT2D eigenvalue weighted by Crippen LogP contribution is 2.36. The van der Waals surface area contributed by atoms with Crippen LogP contribution in [0.5, 0.6) is 0 Å². The fourth-order valence-corrected chi connectivity index (χ4v) is 2.70. The summed E-state index contributed by atoms with van der Waals surface area (Å²) in [6.07, 6.45) is 2.62. The van der Waals surface area contributed by atoms with Crippen LogP contribution < -0.4 is 0 Å². The molecule has 1 atom stereocenters. The highest BCUT2D eigenvalue weighted by Gasteiger charge is 2.37. The van der Waals surface area contributed by atoms with Gasteiger partial charge in [0.05, 0.1) is 11.8 Å². The standard InChI is InChI=1S/C6H6BrNOS/c7-4-2-8-5(9)1-6(8)10-3-4/h2,6H,1,3H2/t6-/m0/s1. The maximum atomic E-state index is 10.9. The summed E-state index contributed by atoms with van der Waals surface area (Å²) >= 11 is 5.18. The Kier molecular flexibility index (Phi) is 1.53. The number of nitrogens with zero attached hydrogens (tertiary/aromatic N) is 1. The van der Waals surface area contributed by atoms with Crippen molar-refractivity contribution >= 4 is 33.6 Å². The molecule has 0 unspecified atom stereocenters. The van der Waals surface area contributed by atoms with Crippen LogP contribution in [0.3, 0.4) is 0 Å². The predicted molar refractivity (Wildman–Crippen MR) is 44.7 cm³/mol. The minimum atomic E-state index is 0.245. The molecule has 2 heterocycles. The highest BCUT2D eigenvalue weighted by molar-refractivity contribution is 9.11. The average Bonchev–Trinajstić information content (AvgIpc) is 1.92. The number of carbonyl (C=O) groups is 1. The third-order valence-electron chi connectivity index (χ3n) is 1.64. The van der Waals surface area contributed by atoms with Crippen molar-refractivity contribution in [3.63, 3.8) is 0 Å². The third kappa shape index (κ3) is 0.900. The average molecular weight is 220 g/mol. The minimum Gasteiger partial charge on any atom is -0.305 e. The lowest BCUT2D eigenvalue weighted by Crippen LogP contribution is -2.48. The summed E-state index contributed by atoms with van der Waals surface area (Å²) < 4.78 is 1.11. The fraction of sp³-hybridized carbons (Fsp3) is 0.500. The van der Waals surface area contributed by atoms with Gasteiger partial charge in [-0.2, -0.15) is 0 Å². The first kappa shape index (κ1) is 6.73. The maximum absolute atomic E-state index is 10.9. The molecule has 0 N–H and O–H groups in total. The van der Waals surface area contributed by atoms with Gasteiger partial charge in [-0.15, -0.1) is 11.8 Å². The summed E-state index contributed by atoms with van der Waals surface area (Å²) in [7, 11) is 0. The number of carbonyl (C=O) groups excluding carboxylic acids is 1. The number of β-lactam (4-membered cyclic amide) rings is 1. The predicted octanol–water partition coefficient (Wildman–Crippen LogP) is 1.53. The van der Waals surface area contributed by atoms with Crippen LogP contribution in [-0.4, -0.2) is 21.9 Å². The lowest BCUT2D eigenvalue weighted by Gasteiger charge is -2.40. The summed E-state index contributed by atoms with van der Waals surface area (Å²) in [6.45, 7) is 0. The van der Waals surface area contributed by atoms with Crippen LogP contribution in [0.15, 0.2) is 10.7 Å². The Balaban J connectivity index is 2.18. The van der Waals surface area contributed by atoms with Crippen molar-refractivity contribution < 1.29 is 4.79 Å². The Morgan fingerprint density at radius 2 is 2.60 bits per heavy atom. The second-order valence-electron chi connectivity index (χ2n) is 2.35. The van der Waals surface area contributed by atoms with Gasteiger partial charge >= 0.3 is 0 Å². The Morgan fingerprint density at radius 3 is 3.20 bits per heavy atom. The van der Waals surface area contributed by atoms with Crippen LogP contribution in [0.25, 0.3) is 0 Å². The Morgan fingerprint density at radius 1 is 1.80 bits per heavy atom. The normalized spacial score (nSPS) is 30.9. The molecule has 2 rings (SSSR count). The van der Waals surface area contributed by atoms with Gasteiger partial charge in [0.25, 0.3) is 0 Å². The number of hydrogen-bond donors (Lipinski definition) is 0. The van der Waals surface area contributed by atoms with Crippen molar-refractivity contribution in [2.24, 2.45) is 0 Å². The van der Waals surface area contributed by atoms with E-state index in [2.05, 4.69) is 15.9 Å². The van der Waals surface area contributed by atoms with E-state index < -0.39 is 0 Å². The molecule has 0 aromatic rings. The van der Waals surface area contributed by atoms with Crippen LogP contribution in [0.2, 0.25) is 0 Å². The topological polar surface area (TPSA) is 20.3 Å². The number of hydrogen-bond acceptors (Lipinski definition) is 2. The van der Waals surface area contributed by atoms with E-state index in [-0.39, 0.29) is 5.91 Å². The largest absolute Gasteiger partial charge is 0.305 e. The molecule has 10 heavy (non-hydrogen) atoms. The zero-order valence-corrected chi connectivity index (χ0v) is 7.61. The molecule has 4 heteroatoms. The van der Waals surface area contributed by atoms with E-state index in [1.807, 2.05) is 18.0 Å². The molecule has 2 aliphatic heterocycles. The smallest absolute Gasteiger partial charge is 0.230 e. The molecular formula is C6H6BrNOS. The SMILES string of the molecule is O=C1C[C@@H]2SCC(Br)=CN12. The van der Waals surface area contributed by atoms with Crippen molar-refractivity contribution in [3.8, 4) is 0 Å². The molecule has 2 aliphatic rings. The molecule has 0 bridgehead atoms. The first-order valence-electron chi connectivity index (χ1n) is 3.06. The molecule has 0 aromatic carbocycles. The summed E-state index contributed by atoms with van der Waals surface area (Å²) in [6, 6.07) is 0. The van der Waals surface area contributed by atoms with Crippen LogP contribution in [-0.2, 0) is 4.79 Å². The van der Waals surface area contributed by atoms with Gasteiger partial charge in [0.15, 0.2) is 0 Å². The van der Waals surface area contributed by atoms with Crippen LogP contribution in [0.4, 0.5) is 0 Å². The highest BCUT2D eigenvalue weighted by atomic mass is 79.9. The maximum Gasteiger partial charge on any atom is 0.230 e. The van der Waals surface area contributed by atoms with Crippen molar-refractivity contribution in [2.75, 3.05) is 5.75 Å². The van der Waals surface area contributed by atoms with Gasteiger partial charge in [0.2, 0.25) is 5.91 Å². The fourth-order valence-electron chi connectivity index (χ4n) is 1.06. The molecule has 1 saturated heterocycles. The van der Waals surface area contributed by atoms with Crippen LogP contribution >= 0.6 is 27.7 Å². The Labute approximate surface area is 71.8 Å². The number of amides is 1. The zero-order valence-electron chi connectivity index (χ0n) is 5.21. The van der Waals surface area contributed by atoms with Gasteiger partial charge in [0, 0.05) is 16.4 Å². The van der Waals surface area contributed by atoms with Gasteiger partial charge in [0.1, 0.15) is 0 Å². The summed E-state index contributed by atoms with van der Waals surface area (Å²) in [4.78, 5) is 12.6. The van der Waals surface area contributed by atoms with E-state index in [0.29, 0.717) is 5.37 Å². The first-order chi connectivity index (χ1) is 4.77. The minimum absolute atomic E-state index is 0.245. The molecule has 0 aromatic heterocycles. The second kappa shape index (κ2) is 2.27. The summed E-state index contributed by atoms with van der Waals surface area (Å²) in [5.41, 5.74) is 0. The second-order valence-corrected chi connectivity index (χ2v) is 4.53. The van der Waals surface area contributed by atoms with Gasteiger partial charge in [-0.3, -0.25) is 4.79 Å². The van der Waals surface area contributed by atoms with Gasteiger partial charge in [-0.1, -0.05) is 15.9 Å². The molecule has 0 spiro atoms. The third-order valence-corrected chi connectivity index (χ3v) is 3.75. The Bertz CT molecular complexity index is 216. The van der Waals surface area contributed by atoms with Gasteiger partial charge in [-0.25, -0.2) is 0 Å². The molecule has 54 valence electrons. The van der Waals surface area contributed by atoms with E-state index in [1.165, 1.54) is 0 Å². The number of rotatable bonds is 0. The van der Waals surface area contributed by atoms with E-state index in [4.69, 9.17) is 0 Å². The first-order valence-corrected chi connectivity index (χ1v) is 4.90. The molecule has 0 saturated carbocycles. The summed E-state index contributed by atoms with van der Waals surface area (Å²) in [5.74, 6) is 1.25. The monoisotopic (exact) mass is 219 g/mol. The lowest BCUT2D eigenvalue weighted by molar-refractivity contribution is -0.137. The lowest BCUT2D eigenvalue weighted by atomic mass is 10.2. The molecule has 1 amide bonds. The van der Waals surface area contributed by atoms with Gasteiger partial charge < -0.3 is 4.90 Å². The quantitative estimate of drug-likeness (QED) is 0.577. The molecule has 0 radical (unpaired) electrons. The van der Waals surface area contributed by atoms with Gasteiger partial charge in [-0.05, 0) is 0 Å². The molecule has 0 aliphatic carbocycles. The number of thioether (sulfide) groups is 1. The van der Waals surface area contributed by atoms with E-state index in [0.717, 1.165) is 16.7 Å². The number of halogens is 1. The van der Waals surface area contributed by atoms with Crippen LogP contribution in [0, 0.1) is 0 Å². The van der Waals surface area contributed by atoms with Crippen molar-refractivity contribution in [2.45, 2.75) is 11.8 Å². The van der Waals surface area contributed by atoms with E-state index >= 15 is 0 Å². The van der Waals surface area contributed by atoms with E-state index in [1.54, 1.807) is 4.90 Å². The molecule has 2 nitrogen and oxygen atoms in total. The van der Waals surface area contributed by atoms with Crippen LogP contribution in [0.1, 0.15) is 6.42 Å². The zero-order chi connectivity index (χ0) is 7.14.